The van der Waals surface area contributed by atoms with Gasteiger partial charge < -0.3 is 19.7 Å². The first-order chi connectivity index (χ1) is 15.5. The highest BCUT2D eigenvalue weighted by molar-refractivity contribution is 5.98. The SMILES string of the molecule is CCOc1ncccc1C(=O)OCC(=O)N(c1ccc(Nc2ccccc2)cc1)C(C)C. The lowest BCUT2D eigenvalue weighted by atomic mass is 10.2. The predicted octanol–water partition coefficient (Wildman–Crippen LogP) is 4.82. The van der Waals surface area contributed by atoms with Gasteiger partial charge in [-0.25, -0.2) is 9.78 Å². The van der Waals surface area contributed by atoms with Crippen molar-refractivity contribution in [2.75, 3.05) is 23.4 Å². The topological polar surface area (TPSA) is 80.8 Å². The summed E-state index contributed by atoms with van der Waals surface area (Å²) in [5, 5.41) is 3.31. The van der Waals surface area contributed by atoms with Crippen molar-refractivity contribution in [1.82, 2.24) is 4.98 Å². The summed E-state index contributed by atoms with van der Waals surface area (Å²) in [7, 11) is 0. The number of benzene rings is 2. The number of nitrogens with zero attached hydrogens (tertiary/aromatic N) is 2. The van der Waals surface area contributed by atoms with Gasteiger partial charge >= 0.3 is 5.97 Å². The summed E-state index contributed by atoms with van der Waals surface area (Å²) in [6.07, 6.45) is 1.53. The van der Waals surface area contributed by atoms with Gasteiger partial charge in [0.2, 0.25) is 5.88 Å². The van der Waals surface area contributed by atoms with Gasteiger partial charge in [0.15, 0.2) is 6.61 Å². The van der Waals surface area contributed by atoms with Crippen molar-refractivity contribution in [1.29, 1.82) is 0 Å². The number of esters is 1. The highest BCUT2D eigenvalue weighted by atomic mass is 16.5. The van der Waals surface area contributed by atoms with Crippen LogP contribution in [0.4, 0.5) is 17.1 Å². The average Bonchev–Trinajstić information content (AvgIpc) is 2.80. The maximum atomic E-state index is 12.9. The molecule has 0 atom stereocenters. The molecular weight excluding hydrogens is 406 g/mol. The van der Waals surface area contributed by atoms with Crippen LogP contribution in [0.15, 0.2) is 72.9 Å². The third kappa shape index (κ3) is 5.85. The van der Waals surface area contributed by atoms with E-state index in [0.29, 0.717) is 6.61 Å². The van der Waals surface area contributed by atoms with Crippen molar-refractivity contribution in [3.05, 3.63) is 78.5 Å². The van der Waals surface area contributed by atoms with Crippen molar-refractivity contribution in [2.24, 2.45) is 0 Å². The quantitative estimate of drug-likeness (QED) is 0.487. The lowest BCUT2D eigenvalue weighted by Gasteiger charge is -2.27. The molecule has 1 aromatic heterocycles. The molecule has 3 aromatic rings. The van der Waals surface area contributed by atoms with Crippen LogP contribution >= 0.6 is 0 Å². The largest absolute Gasteiger partial charge is 0.477 e. The molecule has 7 heteroatoms. The molecule has 0 fully saturated rings. The Hall–Kier alpha value is -3.87. The number of hydrogen-bond donors (Lipinski definition) is 1. The maximum Gasteiger partial charge on any atom is 0.344 e. The number of ether oxygens (including phenoxy) is 2. The normalized spacial score (nSPS) is 10.5. The minimum atomic E-state index is -0.652. The van der Waals surface area contributed by atoms with Gasteiger partial charge in [-0.2, -0.15) is 0 Å². The number of anilines is 3. The molecule has 3 rings (SSSR count). The Morgan fingerprint density at radius 2 is 1.66 bits per heavy atom. The summed E-state index contributed by atoms with van der Waals surface area (Å²) in [4.78, 5) is 31.0. The molecule has 0 aliphatic carbocycles. The molecule has 0 saturated carbocycles. The van der Waals surface area contributed by atoms with Crippen molar-refractivity contribution in [3.8, 4) is 5.88 Å². The molecule has 7 nitrogen and oxygen atoms in total. The molecule has 166 valence electrons. The second-order valence-corrected chi connectivity index (χ2v) is 7.26. The van der Waals surface area contributed by atoms with Gasteiger partial charge in [-0.15, -0.1) is 0 Å². The number of amides is 1. The van der Waals surface area contributed by atoms with E-state index in [1.54, 1.807) is 24.0 Å². The second-order valence-electron chi connectivity index (χ2n) is 7.26. The van der Waals surface area contributed by atoms with Crippen molar-refractivity contribution < 1.29 is 19.1 Å². The van der Waals surface area contributed by atoms with Crippen LogP contribution in [0.25, 0.3) is 0 Å². The molecule has 0 unspecified atom stereocenters. The Kier molecular flexibility index (Phi) is 7.80. The van der Waals surface area contributed by atoms with Crippen molar-refractivity contribution in [2.45, 2.75) is 26.8 Å². The summed E-state index contributed by atoms with van der Waals surface area (Å²) in [6.45, 7) is 5.59. The zero-order valence-electron chi connectivity index (χ0n) is 18.4. The molecule has 0 radical (unpaired) electrons. The summed E-state index contributed by atoms with van der Waals surface area (Å²) in [6, 6.07) is 20.4. The van der Waals surface area contributed by atoms with E-state index < -0.39 is 5.97 Å². The standard InChI is InChI=1S/C25H27N3O4/c1-4-31-24-22(11-8-16-26-24)25(30)32-17-23(29)28(18(2)3)21-14-12-20(13-15-21)27-19-9-6-5-7-10-19/h5-16,18,27H,4,17H2,1-3H3. The molecule has 2 aromatic carbocycles. The second kappa shape index (κ2) is 10.9. The van der Waals surface area contributed by atoms with Crippen molar-refractivity contribution >= 4 is 28.9 Å². The molecule has 1 heterocycles. The first-order valence-electron chi connectivity index (χ1n) is 10.5. The molecule has 0 saturated heterocycles. The molecule has 1 N–H and O–H groups in total. The van der Waals surface area contributed by atoms with E-state index in [1.165, 1.54) is 6.20 Å². The number of nitrogens with one attached hydrogen (secondary N) is 1. The van der Waals surface area contributed by atoms with Crippen LogP contribution in [0.5, 0.6) is 5.88 Å². The van der Waals surface area contributed by atoms with E-state index in [9.17, 15) is 9.59 Å². The predicted molar refractivity (Wildman–Crippen MR) is 124 cm³/mol. The van der Waals surface area contributed by atoms with Gasteiger partial charge in [-0.3, -0.25) is 4.79 Å². The Bertz CT molecular complexity index is 1040. The first-order valence-corrected chi connectivity index (χ1v) is 10.5. The third-order valence-electron chi connectivity index (χ3n) is 4.59. The highest BCUT2D eigenvalue weighted by Crippen LogP contribution is 2.23. The van der Waals surface area contributed by atoms with Gasteiger partial charge in [0.1, 0.15) is 5.56 Å². The summed E-state index contributed by atoms with van der Waals surface area (Å²) in [5.74, 6) is -0.783. The molecule has 32 heavy (non-hydrogen) atoms. The fraction of sp³-hybridized carbons (Fsp3) is 0.240. The Morgan fingerprint density at radius 1 is 0.969 bits per heavy atom. The van der Waals surface area contributed by atoms with E-state index >= 15 is 0 Å². The third-order valence-corrected chi connectivity index (χ3v) is 4.59. The number of carbonyl (C=O) groups is 2. The zero-order valence-corrected chi connectivity index (χ0v) is 18.4. The van der Waals surface area contributed by atoms with Crippen LogP contribution < -0.4 is 15.0 Å². The van der Waals surface area contributed by atoms with Crippen LogP contribution in [0.2, 0.25) is 0 Å². The maximum absolute atomic E-state index is 12.9. The smallest absolute Gasteiger partial charge is 0.344 e. The van der Waals surface area contributed by atoms with Crippen LogP contribution in [0.1, 0.15) is 31.1 Å². The van der Waals surface area contributed by atoms with Crippen LogP contribution in [-0.4, -0.2) is 36.1 Å². The van der Waals surface area contributed by atoms with Crippen molar-refractivity contribution in [3.63, 3.8) is 0 Å². The van der Waals surface area contributed by atoms with E-state index in [1.807, 2.05) is 68.4 Å². The fourth-order valence-electron chi connectivity index (χ4n) is 3.20. The first kappa shape index (κ1) is 22.8. The Balaban J connectivity index is 1.66. The van der Waals surface area contributed by atoms with Crippen LogP contribution in [0, 0.1) is 0 Å². The Labute approximate surface area is 188 Å². The lowest BCUT2D eigenvalue weighted by molar-refractivity contribution is -0.122. The highest BCUT2D eigenvalue weighted by Gasteiger charge is 2.22. The number of carbonyl (C=O) groups excluding carboxylic acids is 2. The van der Waals surface area contributed by atoms with Gasteiger partial charge in [0, 0.05) is 29.3 Å². The minimum absolute atomic E-state index is 0.119. The van der Waals surface area contributed by atoms with E-state index in [4.69, 9.17) is 9.47 Å². The van der Waals surface area contributed by atoms with E-state index in [2.05, 4.69) is 10.3 Å². The van der Waals surface area contributed by atoms with Crippen LogP contribution in [-0.2, 0) is 9.53 Å². The van der Waals surface area contributed by atoms with Gasteiger partial charge in [-0.05, 0) is 69.3 Å². The molecule has 0 spiro atoms. The summed E-state index contributed by atoms with van der Waals surface area (Å²) in [5.41, 5.74) is 2.79. The molecule has 1 amide bonds. The monoisotopic (exact) mass is 433 g/mol. The van der Waals surface area contributed by atoms with Crippen LogP contribution in [0.3, 0.4) is 0 Å². The number of para-hydroxylation sites is 1. The van der Waals surface area contributed by atoms with Gasteiger partial charge in [-0.1, -0.05) is 18.2 Å². The number of pyridine rings is 1. The molecule has 0 aliphatic rings. The lowest BCUT2D eigenvalue weighted by Crippen LogP contribution is -2.40. The molecule has 0 bridgehead atoms. The summed E-state index contributed by atoms with van der Waals surface area (Å²) < 4.78 is 10.6. The average molecular weight is 434 g/mol. The van der Waals surface area contributed by atoms with E-state index in [-0.39, 0.29) is 30.0 Å². The zero-order chi connectivity index (χ0) is 22.9. The van der Waals surface area contributed by atoms with E-state index in [0.717, 1.165) is 17.1 Å². The number of aromatic nitrogens is 1. The Morgan fingerprint density at radius 3 is 2.31 bits per heavy atom. The number of rotatable bonds is 9. The summed E-state index contributed by atoms with van der Waals surface area (Å²) >= 11 is 0. The fourth-order valence-corrected chi connectivity index (χ4v) is 3.20. The molecule has 0 aliphatic heterocycles. The van der Waals surface area contributed by atoms with Gasteiger partial charge in [0.25, 0.3) is 5.91 Å². The molecular formula is C25H27N3O4. The minimum Gasteiger partial charge on any atom is -0.477 e. The van der Waals surface area contributed by atoms with Gasteiger partial charge in [0.05, 0.1) is 6.61 Å². The number of hydrogen-bond acceptors (Lipinski definition) is 6.